The molecule has 0 amide bonds. The second-order valence-corrected chi connectivity index (χ2v) is 0. The van der Waals surface area contributed by atoms with E-state index < -0.39 is 0 Å². The van der Waals surface area contributed by atoms with Crippen molar-refractivity contribution < 1.29 is 27.4 Å². The van der Waals surface area contributed by atoms with Gasteiger partial charge in [0.2, 0.25) is 0 Å². The molecule has 0 aliphatic rings. The van der Waals surface area contributed by atoms with Crippen LogP contribution in [0.5, 0.6) is 0 Å². The molecule has 0 heterocycles. The summed E-state index contributed by atoms with van der Waals surface area (Å²) in [5.74, 6) is 0. The van der Waals surface area contributed by atoms with Gasteiger partial charge in [0.25, 0.3) is 0 Å². The van der Waals surface area contributed by atoms with E-state index in [2.05, 4.69) is 0 Å². The summed E-state index contributed by atoms with van der Waals surface area (Å²) in [6.07, 6.45) is 0. The van der Waals surface area contributed by atoms with Crippen LogP contribution in [-0.2, 0) is 0 Å². The topological polar surface area (TPSA) is 158 Å². The Kier molecular flexibility index (Phi) is 20600. The summed E-state index contributed by atoms with van der Waals surface area (Å²) in [5, 5.41) is 0. The molecule has 0 rings (SSSR count). The molecule has 0 fully saturated rings. The van der Waals surface area contributed by atoms with Crippen LogP contribution in [0.1, 0.15) is 0 Å². The Morgan fingerprint density at radius 2 is 0.333 bits per heavy atom. The maximum Gasteiger partial charge on any atom is 3.00 e. The minimum atomic E-state index is 0. The monoisotopic (exact) mass is 299 g/mol. The molecule has 0 aliphatic heterocycles. The average Bonchev–Trinajstić information content (AvgIpc) is 0. The minimum absolute atomic E-state index is 0. The number of rotatable bonds is 0. The Morgan fingerprint density at radius 1 is 0.333 bits per heavy atom. The van der Waals surface area contributed by atoms with Gasteiger partial charge < -0.3 is 27.4 Å². The molecule has 6 heavy (non-hydrogen) atoms. The van der Waals surface area contributed by atoms with E-state index >= 15 is 0 Å². The van der Waals surface area contributed by atoms with Crippen molar-refractivity contribution in [3.8, 4) is 0 Å². The first-order valence-electron chi connectivity index (χ1n) is 0. The second kappa shape index (κ2) is 267. The Bertz CT molecular complexity index is 3.90. The smallest absolute Gasteiger partial charge is 0.412 e. The molecule has 0 saturated heterocycles. The van der Waals surface area contributed by atoms with E-state index in [9.17, 15) is 0 Å². The summed E-state index contributed by atoms with van der Waals surface area (Å²) in [6, 6.07) is 0. The molecule has 5 nitrogen and oxygen atoms in total. The summed E-state index contributed by atoms with van der Waals surface area (Å²) < 4.78 is 0. The van der Waals surface area contributed by atoms with Gasteiger partial charge in [0, 0.05) is 0 Å². The van der Waals surface area contributed by atoms with Gasteiger partial charge in [-0.2, -0.15) is 0 Å². The third-order valence-electron chi connectivity index (χ3n) is 0. The largest absolute Gasteiger partial charge is 3.00 e. The van der Waals surface area contributed by atoms with Crippen LogP contribution in [0.4, 0.5) is 0 Å². The van der Waals surface area contributed by atoms with Crippen LogP contribution in [0.15, 0.2) is 0 Å². The van der Waals surface area contributed by atoms with Gasteiger partial charge in [-0.05, 0) is 0 Å². The molecule has 2 radical (unpaired) electrons. The Morgan fingerprint density at radius 3 is 0.333 bits per heavy atom. The quantitative estimate of drug-likeness (QED) is 0.395. The summed E-state index contributed by atoms with van der Waals surface area (Å²) >= 11 is 0. The summed E-state index contributed by atoms with van der Waals surface area (Å²) in [7, 11) is 0. The van der Waals surface area contributed by atoms with E-state index in [1.807, 2.05) is 0 Å². The van der Waals surface area contributed by atoms with Crippen molar-refractivity contribution in [2.24, 2.45) is 0 Å². The van der Waals surface area contributed by atoms with Gasteiger partial charge >= 0.3 is 26.2 Å². The molecule has 0 aromatic carbocycles. The van der Waals surface area contributed by atoms with Crippen molar-refractivity contribution in [1.29, 1.82) is 0 Å². The maximum atomic E-state index is 0. The van der Waals surface area contributed by atoms with Crippen molar-refractivity contribution in [2.75, 3.05) is 0 Å². The van der Waals surface area contributed by atoms with Gasteiger partial charge in [0.15, 0.2) is 0 Å². The summed E-state index contributed by atoms with van der Waals surface area (Å²) in [6.45, 7) is 0. The third-order valence-corrected chi connectivity index (χ3v) is 0. The molecule has 0 unspecified atom stereocenters. The van der Waals surface area contributed by atoms with Crippen LogP contribution >= 0.6 is 0 Å². The first-order valence-corrected chi connectivity index (χ1v) is 0. The van der Waals surface area contributed by atoms with Gasteiger partial charge in [-0.3, -0.25) is 0 Å². The molecular formula is H10BiO5+3. The fourth-order valence-electron chi connectivity index (χ4n) is 0. The summed E-state index contributed by atoms with van der Waals surface area (Å²) in [4.78, 5) is 0. The van der Waals surface area contributed by atoms with Gasteiger partial charge in [-0.25, -0.2) is 0 Å². The molecule has 0 spiro atoms. The Hall–Kier alpha value is 0.683. The average molecular weight is 299 g/mol. The predicted octanol–water partition coefficient (Wildman–Crippen LogP) is -4.50. The van der Waals surface area contributed by atoms with Crippen molar-refractivity contribution in [1.82, 2.24) is 0 Å². The first-order chi connectivity index (χ1) is 0. The number of hydrogen-bond acceptors (Lipinski definition) is 0. The summed E-state index contributed by atoms with van der Waals surface area (Å²) in [5.41, 5.74) is 0. The van der Waals surface area contributed by atoms with Crippen LogP contribution in [0.2, 0.25) is 0 Å². The van der Waals surface area contributed by atoms with Crippen LogP contribution in [0.3, 0.4) is 0 Å². The van der Waals surface area contributed by atoms with Gasteiger partial charge in [-0.1, -0.05) is 0 Å². The Labute approximate surface area is 54.0 Å². The first kappa shape index (κ1) is 463. The predicted molar refractivity (Wildman–Crippen MR) is 23.8 cm³/mol. The molecule has 0 aromatic heterocycles. The van der Waals surface area contributed by atoms with Crippen molar-refractivity contribution in [3.63, 3.8) is 0 Å². The van der Waals surface area contributed by atoms with Crippen LogP contribution < -0.4 is 0 Å². The molecule has 0 aliphatic carbocycles. The zero-order chi connectivity index (χ0) is 0. The van der Waals surface area contributed by atoms with E-state index in [1.165, 1.54) is 0 Å². The van der Waals surface area contributed by atoms with Crippen molar-refractivity contribution in [2.45, 2.75) is 0 Å². The molecular weight excluding hydrogens is 289 g/mol. The Balaban J connectivity index is 0. The minimum Gasteiger partial charge on any atom is -0.412 e. The standard InChI is InChI=1S/Bi.5H2O/h;5*1H2/q+3;;;;;. The van der Waals surface area contributed by atoms with Crippen molar-refractivity contribution in [3.05, 3.63) is 0 Å². The maximum absolute atomic E-state index is 0. The fourth-order valence-corrected chi connectivity index (χ4v) is 0. The van der Waals surface area contributed by atoms with Gasteiger partial charge in [0.1, 0.15) is 0 Å². The van der Waals surface area contributed by atoms with E-state index in [4.69, 9.17) is 0 Å². The van der Waals surface area contributed by atoms with Gasteiger partial charge in [0.05, 0.1) is 0 Å². The number of hydrogen-bond donors (Lipinski definition) is 0. The molecule has 6 heteroatoms. The SMILES string of the molecule is O.O.O.O.O.[Bi+3]. The molecule has 0 bridgehead atoms. The zero-order valence-electron chi connectivity index (χ0n) is 2.95. The van der Waals surface area contributed by atoms with Crippen LogP contribution in [0, 0.1) is 0 Å². The van der Waals surface area contributed by atoms with Crippen LogP contribution in [-0.4, -0.2) is 53.6 Å². The van der Waals surface area contributed by atoms with E-state index in [0.717, 1.165) is 0 Å². The third kappa shape index (κ3) is 136. The molecule has 0 saturated carbocycles. The molecule has 42 valence electrons. The van der Waals surface area contributed by atoms with Crippen molar-refractivity contribution >= 4 is 26.2 Å². The molecule has 10 N–H and O–H groups in total. The second-order valence-electron chi connectivity index (χ2n) is 0. The van der Waals surface area contributed by atoms with E-state index in [-0.39, 0.29) is 53.6 Å². The fraction of sp³-hybridized carbons (Fsp3) is 0. The zero-order valence-corrected chi connectivity index (χ0v) is 6.42. The van der Waals surface area contributed by atoms with E-state index in [0.29, 0.717) is 0 Å². The van der Waals surface area contributed by atoms with Gasteiger partial charge in [-0.15, -0.1) is 0 Å². The normalized spacial score (nSPS) is 0. The van der Waals surface area contributed by atoms with E-state index in [1.54, 1.807) is 0 Å². The molecule has 0 aromatic rings. The van der Waals surface area contributed by atoms with Crippen LogP contribution in [0.25, 0.3) is 0 Å². The molecule has 0 atom stereocenters.